The van der Waals surface area contributed by atoms with Crippen LogP contribution < -0.4 is 20.3 Å². The van der Waals surface area contributed by atoms with Gasteiger partial charge in [0, 0.05) is 34.8 Å². The zero-order valence-corrected chi connectivity index (χ0v) is 28.0. The lowest BCUT2D eigenvalue weighted by atomic mass is 9.96. The highest BCUT2D eigenvalue weighted by molar-refractivity contribution is 6.05. The van der Waals surface area contributed by atoms with E-state index in [1.165, 1.54) is 24.5 Å². The van der Waals surface area contributed by atoms with Crippen molar-refractivity contribution in [1.82, 2.24) is 9.97 Å². The first-order valence-corrected chi connectivity index (χ1v) is 15.4. The summed E-state index contributed by atoms with van der Waals surface area (Å²) in [5.74, 6) is -0.920. The number of pyridine rings is 2. The molecule has 48 heavy (non-hydrogen) atoms. The van der Waals surface area contributed by atoms with E-state index in [0.717, 1.165) is 4.90 Å². The summed E-state index contributed by atoms with van der Waals surface area (Å²) in [6.45, 7) is 13.8. The number of alkyl halides is 1. The average molecular weight is 672 g/mol. The summed E-state index contributed by atoms with van der Waals surface area (Å²) >= 11 is 0. The molecule has 2 N–H and O–H groups in total. The Morgan fingerprint density at radius 3 is 2.31 bits per heavy atom. The zero-order chi connectivity index (χ0) is 35.1. The molecule has 15 heteroatoms. The van der Waals surface area contributed by atoms with Crippen LogP contribution in [0, 0.1) is 18.7 Å². The molecule has 3 atom stereocenters. The number of fused-ring (bicyclic) bond motifs is 2. The lowest BCUT2D eigenvalue weighted by Crippen LogP contribution is -2.45. The molecule has 3 aromatic rings. The minimum atomic E-state index is -1.88. The van der Waals surface area contributed by atoms with Crippen LogP contribution in [0.25, 0.3) is 21.9 Å². The number of hydrogen-bond acceptors (Lipinski definition) is 10. The van der Waals surface area contributed by atoms with Crippen LogP contribution >= 0.6 is 0 Å². The third-order valence-electron chi connectivity index (χ3n) is 7.39. The van der Waals surface area contributed by atoms with E-state index >= 15 is 4.39 Å². The molecule has 2 aliphatic heterocycles. The van der Waals surface area contributed by atoms with Crippen LogP contribution in [0.15, 0.2) is 24.5 Å². The molecule has 1 aromatic carbocycles. The first-order valence-electron chi connectivity index (χ1n) is 15.4. The molecule has 0 aliphatic carbocycles. The number of nitrogens with zero attached hydrogens (tertiary/aromatic N) is 3. The molecule has 4 heterocycles. The second kappa shape index (κ2) is 13.0. The van der Waals surface area contributed by atoms with Crippen LogP contribution in [-0.2, 0) is 18.9 Å². The number of anilines is 3. The summed E-state index contributed by atoms with van der Waals surface area (Å²) in [6.07, 6.45) is -2.23. The van der Waals surface area contributed by atoms with Crippen LogP contribution in [-0.4, -0.2) is 71.7 Å². The minimum absolute atomic E-state index is 0.0215. The van der Waals surface area contributed by atoms with E-state index in [-0.39, 0.29) is 52.1 Å². The molecule has 0 spiro atoms. The smallest absolute Gasteiger partial charge is 0.415 e. The number of benzene rings is 1. The summed E-state index contributed by atoms with van der Waals surface area (Å²) in [5, 5.41) is 5.63. The van der Waals surface area contributed by atoms with Gasteiger partial charge in [0.15, 0.2) is 5.82 Å². The van der Waals surface area contributed by atoms with Crippen molar-refractivity contribution in [2.75, 3.05) is 35.3 Å². The zero-order valence-electron chi connectivity index (χ0n) is 28.0. The molecular formula is C33H39F2N5O8. The highest BCUT2D eigenvalue weighted by Gasteiger charge is 2.36. The third-order valence-corrected chi connectivity index (χ3v) is 7.39. The Kier molecular flexibility index (Phi) is 9.37. The van der Waals surface area contributed by atoms with Crippen LogP contribution in [0.5, 0.6) is 5.88 Å². The van der Waals surface area contributed by atoms with Crippen molar-refractivity contribution in [2.45, 2.75) is 79.1 Å². The quantitative estimate of drug-likeness (QED) is 0.275. The predicted molar refractivity (Wildman–Crippen MR) is 173 cm³/mol. The molecule has 0 radical (unpaired) electrons. The van der Waals surface area contributed by atoms with Crippen molar-refractivity contribution in [3.8, 4) is 17.0 Å². The van der Waals surface area contributed by atoms with Crippen molar-refractivity contribution >= 4 is 46.2 Å². The van der Waals surface area contributed by atoms with Gasteiger partial charge in [0.2, 0.25) is 5.88 Å². The van der Waals surface area contributed by atoms with Gasteiger partial charge in [-0.1, -0.05) is 6.92 Å². The number of rotatable bonds is 4. The van der Waals surface area contributed by atoms with E-state index in [1.807, 2.05) is 6.92 Å². The molecule has 13 nitrogen and oxygen atoms in total. The van der Waals surface area contributed by atoms with Gasteiger partial charge >= 0.3 is 18.3 Å². The van der Waals surface area contributed by atoms with Gasteiger partial charge in [0.1, 0.15) is 28.8 Å². The fourth-order valence-electron chi connectivity index (χ4n) is 5.25. The Balaban J connectivity index is 1.60. The second-order valence-electron chi connectivity index (χ2n) is 13.7. The number of amides is 3. The van der Waals surface area contributed by atoms with Crippen molar-refractivity contribution in [1.29, 1.82) is 0 Å². The van der Waals surface area contributed by atoms with Crippen LogP contribution in [0.1, 0.15) is 54.0 Å². The topological polar surface area (TPSA) is 150 Å². The second-order valence-corrected chi connectivity index (χ2v) is 13.7. The van der Waals surface area contributed by atoms with Crippen LogP contribution in [0.2, 0.25) is 0 Å². The Labute approximate surface area is 276 Å². The van der Waals surface area contributed by atoms with E-state index in [1.54, 1.807) is 48.5 Å². The third kappa shape index (κ3) is 7.67. The van der Waals surface area contributed by atoms with Gasteiger partial charge in [-0.25, -0.2) is 28.7 Å². The predicted octanol–water partition coefficient (Wildman–Crippen LogP) is 7.10. The summed E-state index contributed by atoms with van der Waals surface area (Å²) in [7, 11) is 0. The fraction of sp³-hybridized carbons (Fsp3) is 0.485. The van der Waals surface area contributed by atoms with Gasteiger partial charge in [-0.15, -0.1) is 0 Å². The van der Waals surface area contributed by atoms with E-state index in [0.29, 0.717) is 17.6 Å². The van der Waals surface area contributed by atoms with Gasteiger partial charge in [0.25, 0.3) is 6.36 Å². The van der Waals surface area contributed by atoms with E-state index < -0.39 is 54.3 Å². The van der Waals surface area contributed by atoms with Gasteiger partial charge in [-0.2, -0.15) is 4.39 Å². The van der Waals surface area contributed by atoms with E-state index in [9.17, 15) is 18.8 Å². The molecule has 0 bridgehead atoms. The number of carbonyl (C=O) groups excluding carboxylic acids is 3. The van der Waals surface area contributed by atoms with Gasteiger partial charge in [0.05, 0.1) is 25.4 Å². The van der Waals surface area contributed by atoms with E-state index in [2.05, 4.69) is 20.6 Å². The lowest BCUT2D eigenvalue weighted by molar-refractivity contribution is 0.0375. The summed E-state index contributed by atoms with van der Waals surface area (Å²) in [4.78, 5) is 48.2. The minimum Gasteiger partial charge on any atom is -0.444 e. The molecular weight excluding hydrogens is 632 g/mol. The number of ether oxygens (including phenoxy) is 5. The average Bonchev–Trinajstić information content (AvgIpc) is 3.36. The monoisotopic (exact) mass is 671 g/mol. The number of nitrogens with one attached hydrogen (secondary N) is 2. The number of hydrogen-bond donors (Lipinski definition) is 2. The molecule has 258 valence electrons. The summed E-state index contributed by atoms with van der Waals surface area (Å²) in [6, 6.07) is 2.96. The molecule has 2 aromatic heterocycles. The number of halogens is 2. The normalized spacial score (nSPS) is 19.3. The molecule has 3 amide bonds. The molecule has 1 fully saturated rings. The Bertz CT molecular complexity index is 1760. The molecule has 5 rings (SSSR count). The number of carbonyl (C=O) groups is 3. The first kappa shape index (κ1) is 34.5. The molecule has 0 saturated carbocycles. The van der Waals surface area contributed by atoms with E-state index in [4.69, 9.17) is 23.7 Å². The van der Waals surface area contributed by atoms with Crippen LogP contribution in [0.4, 0.5) is 40.4 Å². The highest BCUT2D eigenvalue weighted by Crippen LogP contribution is 2.43. The molecule has 2 aliphatic rings. The Morgan fingerprint density at radius 2 is 1.67 bits per heavy atom. The standard InChI is InChI=1S/C33H39F2N5O8/c1-16-14-44-15-22(16)45-29(41)38-24-10-18-9-19(25(35)26(21(18)12-36-24)39-30(42)47-32(3,4)5)20-11-37-28-27(17(20)2)40(13-23(34)46-28)31(43)48-33(6,7)8/h9-12,16,22-23H,13-15H2,1-8H3,(H,39,42)(H,36,38,41)/t16-,22-,23?/m0/s1. The first-order chi connectivity index (χ1) is 22.4. The Hall–Kier alpha value is -4.79. The summed E-state index contributed by atoms with van der Waals surface area (Å²) < 4.78 is 58.2. The fourth-order valence-corrected chi connectivity index (χ4v) is 5.25. The van der Waals surface area contributed by atoms with Gasteiger partial charge < -0.3 is 23.7 Å². The summed E-state index contributed by atoms with van der Waals surface area (Å²) in [5.41, 5.74) is -1.44. The van der Waals surface area contributed by atoms with Crippen molar-refractivity contribution < 1.29 is 46.8 Å². The SMILES string of the molecule is Cc1c(-c2cc3cc(NC(=O)O[C@H]4COC[C@@H]4C)ncc3c(NC(=O)OC(C)(C)C)c2F)cnc2c1N(C(=O)OC(C)(C)C)CC(F)O2. The maximum Gasteiger partial charge on any atom is 0.415 e. The van der Waals surface area contributed by atoms with Gasteiger partial charge in [-0.3, -0.25) is 15.5 Å². The lowest BCUT2D eigenvalue weighted by Gasteiger charge is -2.34. The van der Waals surface area contributed by atoms with Crippen molar-refractivity contribution in [3.05, 3.63) is 35.9 Å². The molecule has 1 unspecified atom stereocenters. The van der Waals surface area contributed by atoms with Crippen molar-refractivity contribution in [2.24, 2.45) is 5.92 Å². The van der Waals surface area contributed by atoms with Crippen molar-refractivity contribution in [3.63, 3.8) is 0 Å². The number of aromatic nitrogens is 2. The van der Waals surface area contributed by atoms with Crippen LogP contribution in [0.3, 0.4) is 0 Å². The largest absolute Gasteiger partial charge is 0.444 e. The maximum absolute atomic E-state index is 16.6. The van der Waals surface area contributed by atoms with Gasteiger partial charge in [-0.05, 0) is 71.5 Å². The molecule has 1 saturated heterocycles. The maximum atomic E-state index is 16.6. The Morgan fingerprint density at radius 1 is 0.958 bits per heavy atom. The highest BCUT2D eigenvalue weighted by atomic mass is 19.1.